The van der Waals surface area contributed by atoms with Crippen molar-refractivity contribution in [2.75, 3.05) is 19.5 Å². The fourth-order valence-electron chi connectivity index (χ4n) is 1.83. The van der Waals surface area contributed by atoms with Crippen molar-refractivity contribution in [3.05, 3.63) is 53.6 Å². The minimum absolute atomic E-state index is 0.175. The number of benzene rings is 2. The van der Waals surface area contributed by atoms with Crippen molar-refractivity contribution in [2.45, 2.75) is 5.33 Å². The fraction of sp³-hybridized carbons (Fsp3) is 0.188. The van der Waals surface area contributed by atoms with Crippen LogP contribution in [0.5, 0.6) is 11.5 Å². The van der Waals surface area contributed by atoms with Gasteiger partial charge in [-0.15, -0.1) is 0 Å². The van der Waals surface area contributed by atoms with Gasteiger partial charge in [-0.3, -0.25) is 4.79 Å². The quantitative estimate of drug-likeness (QED) is 0.834. The zero-order chi connectivity index (χ0) is 15.2. The van der Waals surface area contributed by atoms with Gasteiger partial charge in [-0.05, 0) is 17.7 Å². The van der Waals surface area contributed by atoms with Gasteiger partial charge < -0.3 is 14.8 Å². The second-order valence-corrected chi connectivity index (χ2v) is 4.95. The Kier molecular flexibility index (Phi) is 5.22. The molecule has 0 bridgehead atoms. The van der Waals surface area contributed by atoms with E-state index in [-0.39, 0.29) is 5.91 Å². The summed E-state index contributed by atoms with van der Waals surface area (Å²) in [5, 5.41) is 3.60. The highest BCUT2D eigenvalue weighted by molar-refractivity contribution is 9.08. The van der Waals surface area contributed by atoms with E-state index in [0.29, 0.717) is 22.7 Å². The van der Waals surface area contributed by atoms with Crippen LogP contribution in [0.2, 0.25) is 0 Å². The predicted molar refractivity (Wildman–Crippen MR) is 86.6 cm³/mol. The summed E-state index contributed by atoms with van der Waals surface area (Å²) in [5.41, 5.74) is 2.34. The first-order chi connectivity index (χ1) is 10.2. The molecule has 5 heteroatoms. The van der Waals surface area contributed by atoms with Crippen molar-refractivity contribution in [3.8, 4) is 11.5 Å². The molecule has 0 aromatic heterocycles. The molecule has 0 saturated carbocycles. The normalized spacial score (nSPS) is 10.0. The minimum Gasteiger partial charge on any atom is -0.497 e. The molecule has 2 aromatic carbocycles. The largest absolute Gasteiger partial charge is 0.497 e. The molecule has 21 heavy (non-hydrogen) atoms. The van der Waals surface area contributed by atoms with Crippen molar-refractivity contribution in [1.29, 1.82) is 0 Å². The van der Waals surface area contributed by atoms with Crippen LogP contribution in [0.4, 0.5) is 5.69 Å². The molecule has 2 aromatic rings. The Morgan fingerprint density at radius 2 is 1.62 bits per heavy atom. The average Bonchev–Trinajstić information content (AvgIpc) is 2.54. The molecule has 0 fully saturated rings. The maximum absolute atomic E-state index is 12.2. The summed E-state index contributed by atoms with van der Waals surface area (Å²) in [6.45, 7) is 0. The number of carbonyl (C=O) groups is 1. The molecule has 0 unspecified atom stereocenters. The molecule has 0 heterocycles. The van der Waals surface area contributed by atoms with E-state index in [2.05, 4.69) is 21.2 Å². The second-order valence-electron chi connectivity index (χ2n) is 4.39. The van der Waals surface area contributed by atoms with Crippen molar-refractivity contribution in [2.24, 2.45) is 0 Å². The first-order valence-corrected chi connectivity index (χ1v) is 7.47. The van der Waals surface area contributed by atoms with Gasteiger partial charge in [0.25, 0.3) is 5.91 Å². The highest BCUT2D eigenvalue weighted by Crippen LogP contribution is 2.26. The Bertz CT molecular complexity index is 604. The molecule has 110 valence electrons. The van der Waals surface area contributed by atoms with Gasteiger partial charge in [0.05, 0.1) is 14.2 Å². The summed E-state index contributed by atoms with van der Waals surface area (Å²) in [4.78, 5) is 12.2. The SMILES string of the molecule is COc1cc(NC(=O)c2ccc(CBr)cc2)cc(OC)c1. The zero-order valence-corrected chi connectivity index (χ0v) is 13.4. The van der Waals surface area contributed by atoms with Gasteiger partial charge in [-0.25, -0.2) is 0 Å². The molecule has 4 nitrogen and oxygen atoms in total. The summed E-state index contributed by atoms with van der Waals surface area (Å²) in [6, 6.07) is 12.7. The van der Waals surface area contributed by atoms with Crippen LogP contribution in [-0.2, 0) is 5.33 Å². The van der Waals surface area contributed by atoms with Gasteiger partial charge in [0, 0.05) is 34.8 Å². The van der Waals surface area contributed by atoms with E-state index >= 15 is 0 Å². The number of ether oxygens (including phenoxy) is 2. The number of anilines is 1. The van der Waals surface area contributed by atoms with Gasteiger partial charge in [-0.1, -0.05) is 28.1 Å². The van der Waals surface area contributed by atoms with E-state index in [1.165, 1.54) is 0 Å². The molecule has 1 amide bonds. The molecule has 0 radical (unpaired) electrons. The molecule has 0 spiro atoms. The maximum atomic E-state index is 12.2. The number of rotatable bonds is 5. The Morgan fingerprint density at radius 3 is 2.10 bits per heavy atom. The lowest BCUT2D eigenvalue weighted by atomic mass is 10.1. The molecule has 2 rings (SSSR count). The fourth-order valence-corrected chi connectivity index (χ4v) is 2.20. The Balaban J connectivity index is 2.18. The zero-order valence-electron chi connectivity index (χ0n) is 11.9. The third-order valence-electron chi connectivity index (χ3n) is 2.98. The summed E-state index contributed by atoms with van der Waals surface area (Å²) < 4.78 is 10.4. The van der Waals surface area contributed by atoms with Crippen LogP contribution >= 0.6 is 15.9 Å². The highest BCUT2D eigenvalue weighted by Gasteiger charge is 2.08. The number of halogens is 1. The summed E-state index contributed by atoms with van der Waals surface area (Å²) in [5.74, 6) is 1.07. The molecule has 0 aliphatic rings. The van der Waals surface area contributed by atoms with Crippen LogP contribution in [0.3, 0.4) is 0 Å². The van der Waals surface area contributed by atoms with Crippen LogP contribution in [0.15, 0.2) is 42.5 Å². The molecular formula is C16H16BrNO3. The van der Waals surface area contributed by atoms with Gasteiger partial charge in [0.2, 0.25) is 0 Å². The number of amides is 1. The van der Waals surface area contributed by atoms with Gasteiger partial charge in [0.15, 0.2) is 0 Å². The van der Waals surface area contributed by atoms with Crippen LogP contribution in [0, 0.1) is 0 Å². The summed E-state index contributed by atoms with van der Waals surface area (Å²) in [7, 11) is 3.14. The Morgan fingerprint density at radius 1 is 1.05 bits per heavy atom. The van der Waals surface area contributed by atoms with E-state index < -0.39 is 0 Å². The monoisotopic (exact) mass is 349 g/mol. The Labute approximate surface area is 132 Å². The highest BCUT2D eigenvalue weighted by atomic mass is 79.9. The van der Waals surface area contributed by atoms with Crippen LogP contribution in [0.25, 0.3) is 0 Å². The predicted octanol–water partition coefficient (Wildman–Crippen LogP) is 3.85. The summed E-state index contributed by atoms with van der Waals surface area (Å²) >= 11 is 3.38. The lowest BCUT2D eigenvalue weighted by molar-refractivity contribution is 0.102. The smallest absolute Gasteiger partial charge is 0.255 e. The van der Waals surface area contributed by atoms with Crippen molar-refractivity contribution in [3.63, 3.8) is 0 Å². The molecule has 0 saturated heterocycles. The second kappa shape index (κ2) is 7.13. The number of hydrogen-bond donors (Lipinski definition) is 1. The van der Waals surface area contributed by atoms with Gasteiger partial charge in [-0.2, -0.15) is 0 Å². The molecule has 0 atom stereocenters. The van der Waals surface area contributed by atoms with Crippen molar-refractivity contribution >= 4 is 27.5 Å². The third-order valence-corrected chi connectivity index (χ3v) is 3.63. The van der Waals surface area contributed by atoms with E-state index in [9.17, 15) is 4.79 Å². The van der Waals surface area contributed by atoms with E-state index in [1.54, 1.807) is 44.6 Å². The number of methoxy groups -OCH3 is 2. The van der Waals surface area contributed by atoms with Gasteiger partial charge in [0.1, 0.15) is 11.5 Å². The molecule has 1 N–H and O–H groups in total. The molecule has 0 aliphatic heterocycles. The van der Waals surface area contributed by atoms with Crippen molar-refractivity contribution < 1.29 is 14.3 Å². The van der Waals surface area contributed by atoms with E-state index in [1.807, 2.05) is 12.1 Å². The lowest BCUT2D eigenvalue weighted by Crippen LogP contribution is -2.12. The topological polar surface area (TPSA) is 47.6 Å². The van der Waals surface area contributed by atoms with Crippen LogP contribution in [-0.4, -0.2) is 20.1 Å². The number of carbonyl (C=O) groups excluding carboxylic acids is 1. The first-order valence-electron chi connectivity index (χ1n) is 6.35. The lowest BCUT2D eigenvalue weighted by Gasteiger charge is -2.10. The number of hydrogen-bond acceptors (Lipinski definition) is 3. The third kappa shape index (κ3) is 3.98. The number of nitrogens with one attached hydrogen (secondary N) is 1. The Hall–Kier alpha value is -2.01. The van der Waals surface area contributed by atoms with E-state index in [4.69, 9.17) is 9.47 Å². The average molecular weight is 350 g/mol. The summed E-state index contributed by atoms with van der Waals surface area (Å²) in [6.07, 6.45) is 0. The first kappa shape index (κ1) is 15.4. The molecular weight excluding hydrogens is 334 g/mol. The van der Waals surface area contributed by atoms with Crippen LogP contribution in [0.1, 0.15) is 15.9 Å². The molecule has 0 aliphatic carbocycles. The van der Waals surface area contributed by atoms with Crippen LogP contribution < -0.4 is 14.8 Å². The maximum Gasteiger partial charge on any atom is 0.255 e. The number of alkyl halides is 1. The van der Waals surface area contributed by atoms with Crippen molar-refractivity contribution in [1.82, 2.24) is 0 Å². The minimum atomic E-state index is -0.175. The van der Waals surface area contributed by atoms with Gasteiger partial charge >= 0.3 is 0 Å². The standard InChI is InChI=1S/C16H16BrNO3/c1-20-14-7-13(8-15(9-14)21-2)18-16(19)12-5-3-11(10-17)4-6-12/h3-9H,10H2,1-2H3,(H,18,19). The van der Waals surface area contributed by atoms with E-state index in [0.717, 1.165) is 10.9 Å².